The van der Waals surface area contributed by atoms with Crippen molar-refractivity contribution in [2.24, 2.45) is 0 Å². The number of hydrogen-bond donors (Lipinski definition) is 0. The number of aryl methyl sites for hydroxylation is 1. The fourth-order valence-corrected chi connectivity index (χ4v) is 6.12. The summed E-state index contributed by atoms with van der Waals surface area (Å²) in [5, 5.41) is 1.72. The van der Waals surface area contributed by atoms with Crippen molar-refractivity contribution < 1.29 is 13.6 Å². The number of fused-ring (bicyclic) bond motifs is 1. The first-order chi connectivity index (χ1) is 14.9. The molecule has 3 aromatic heterocycles. The number of aromatic nitrogens is 3. The number of sulfonamides is 1. The van der Waals surface area contributed by atoms with Crippen LogP contribution in [-0.4, -0.2) is 60.4 Å². The summed E-state index contributed by atoms with van der Waals surface area (Å²) in [6.45, 7) is 3.22. The lowest BCUT2D eigenvalue weighted by molar-refractivity contribution is 0.0685. The van der Waals surface area contributed by atoms with Gasteiger partial charge in [0.2, 0.25) is 4.21 Å². The second-order valence-corrected chi connectivity index (χ2v) is 10.4. The first-order valence-electron chi connectivity index (χ1n) is 10.1. The fourth-order valence-electron chi connectivity index (χ4n) is 3.56. The summed E-state index contributed by atoms with van der Waals surface area (Å²) in [6, 6.07) is 6.71. The molecule has 0 radical (unpaired) electrons. The van der Waals surface area contributed by atoms with Crippen LogP contribution in [-0.2, 0) is 21.2 Å². The van der Waals surface area contributed by atoms with Crippen LogP contribution in [0.2, 0.25) is 0 Å². The Morgan fingerprint density at radius 2 is 2.00 bits per heavy atom. The number of rotatable bonds is 6. The monoisotopic (exact) mass is 461 g/mol. The molecule has 31 heavy (non-hydrogen) atoms. The van der Waals surface area contributed by atoms with Crippen molar-refractivity contribution in [3.05, 3.63) is 51.9 Å². The second-order valence-electron chi connectivity index (χ2n) is 7.25. The molecule has 0 bridgehead atoms. The lowest BCUT2D eigenvalue weighted by Crippen LogP contribution is -2.53. The van der Waals surface area contributed by atoms with Crippen molar-refractivity contribution in [2.45, 2.75) is 30.5 Å². The number of hydrogen-bond acceptors (Lipinski definition) is 7. The van der Waals surface area contributed by atoms with Crippen molar-refractivity contribution in [2.75, 3.05) is 26.2 Å². The Morgan fingerprint density at radius 3 is 2.68 bits per heavy atom. The molecule has 164 valence electrons. The van der Waals surface area contributed by atoms with Gasteiger partial charge in [0.05, 0.1) is 13.1 Å². The molecule has 3 aromatic rings. The molecular formula is C20H23N5O4S2. The highest BCUT2D eigenvalue weighted by Gasteiger charge is 2.36. The summed E-state index contributed by atoms with van der Waals surface area (Å²) < 4.78 is 28.6. The van der Waals surface area contributed by atoms with Crippen molar-refractivity contribution in [1.29, 1.82) is 0 Å². The molecule has 1 aliphatic heterocycles. The third kappa shape index (κ3) is 4.18. The van der Waals surface area contributed by atoms with Crippen LogP contribution in [0.4, 0.5) is 0 Å². The number of nitrogens with zero attached hydrogens (tertiary/aromatic N) is 5. The summed E-state index contributed by atoms with van der Waals surface area (Å²) in [7, 11) is -3.56. The fraction of sp³-hybridized carbons (Fsp3) is 0.400. The van der Waals surface area contributed by atoms with Gasteiger partial charge >= 0.3 is 0 Å². The molecule has 0 saturated carbocycles. The summed E-state index contributed by atoms with van der Waals surface area (Å²) in [5.41, 5.74) is 0.342. The number of pyridine rings is 1. The third-order valence-electron chi connectivity index (χ3n) is 5.25. The number of piperazine rings is 1. The van der Waals surface area contributed by atoms with E-state index in [0.717, 1.165) is 12.8 Å². The quantitative estimate of drug-likeness (QED) is 0.519. The Balaban J connectivity index is 1.57. The van der Waals surface area contributed by atoms with E-state index in [2.05, 4.69) is 9.97 Å². The predicted octanol–water partition coefficient (Wildman–Crippen LogP) is 2.01. The van der Waals surface area contributed by atoms with Crippen LogP contribution >= 0.6 is 11.3 Å². The van der Waals surface area contributed by atoms with Crippen LogP contribution in [0.15, 0.2) is 44.8 Å². The van der Waals surface area contributed by atoms with Crippen LogP contribution in [0.25, 0.3) is 11.2 Å². The Hall–Kier alpha value is -2.47. The normalized spacial score (nSPS) is 17.0. The van der Waals surface area contributed by atoms with E-state index in [9.17, 15) is 18.4 Å². The second kappa shape index (κ2) is 8.95. The van der Waals surface area contributed by atoms with Gasteiger partial charge < -0.3 is 9.45 Å². The SMILES string of the molecule is CCCCn1c(=O)c(C(=O)N2CCN([S+](=O)([O-])c3cccs3)CC2)nc2cccnc21. The number of amides is 1. The zero-order valence-electron chi connectivity index (χ0n) is 17.1. The lowest BCUT2D eigenvalue weighted by Gasteiger charge is -2.35. The molecular weight excluding hydrogens is 438 g/mol. The molecule has 11 heteroatoms. The van der Waals surface area contributed by atoms with E-state index in [4.69, 9.17) is 0 Å². The van der Waals surface area contributed by atoms with E-state index >= 15 is 0 Å². The maximum absolute atomic E-state index is 13.1. The minimum atomic E-state index is -3.56. The third-order valence-corrected chi connectivity index (χ3v) is 8.53. The Morgan fingerprint density at radius 1 is 1.23 bits per heavy atom. The van der Waals surface area contributed by atoms with E-state index in [-0.39, 0.29) is 36.1 Å². The number of carbonyl (C=O) groups is 1. The standard InChI is InChI=1S/C20H23N5O4S2/c1-2-3-9-25-18-15(6-4-8-21-18)22-17(20(25)27)19(26)23-10-12-24(13-11-23)31(28,29)16-7-5-14-30-16/h4-8,14H,2-3,9-13H2,1H3. The summed E-state index contributed by atoms with van der Waals surface area (Å²) in [5.74, 6) is -0.478. The van der Waals surface area contributed by atoms with E-state index < -0.39 is 21.9 Å². The smallest absolute Gasteiger partial charge is 0.283 e. The number of unbranched alkanes of at least 4 members (excludes halogenated alkanes) is 1. The van der Waals surface area contributed by atoms with Gasteiger partial charge in [-0.3, -0.25) is 14.2 Å². The minimum absolute atomic E-state index is 0.147. The first kappa shape index (κ1) is 21.8. The maximum Gasteiger partial charge on any atom is 0.283 e. The Bertz CT molecular complexity index is 1190. The molecule has 1 atom stereocenters. The maximum atomic E-state index is 13.1. The Kier molecular flexibility index (Phi) is 6.28. The van der Waals surface area contributed by atoms with E-state index in [0.29, 0.717) is 17.7 Å². The molecule has 0 aromatic carbocycles. The van der Waals surface area contributed by atoms with Crippen molar-refractivity contribution in [3.63, 3.8) is 0 Å². The van der Waals surface area contributed by atoms with E-state index in [1.54, 1.807) is 35.8 Å². The van der Waals surface area contributed by atoms with Gasteiger partial charge in [-0.15, -0.1) is 4.31 Å². The van der Waals surface area contributed by atoms with Gasteiger partial charge in [0.25, 0.3) is 11.5 Å². The van der Waals surface area contributed by atoms with Crippen molar-refractivity contribution in [1.82, 2.24) is 23.7 Å². The van der Waals surface area contributed by atoms with Gasteiger partial charge in [0, 0.05) is 31.9 Å². The molecule has 9 nitrogen and oxygen atoms in total. The van der Waals surface area contributed by atoms with Gasteiger partial charge in [-0.05, 0) is 30.0 Å². The minimum Gasteiger partial charge on any atom is -0.592 e. The number of thiophene rings is 1. The summed E-state index contributed by atoms with van der Waals surface area (Å²) in [6.07, 6.45) is 3.27. The molecule has 1 unspecified atom stereocenters. The molecule has 0 spiro atoms. The van der Waals surface area contributed by atoms with Gasteiger partial charge in [0.15, 0.2) is 21.7 Å². The zero-order chi connectivity index (χ0) is 22.0. The highest BCUT2D eigenvalue weighted by molar-refractivity contribution is 7.97. The molecule has 4 heterocycles. The Labute approximate surface area is 184 Å². The van der Waals surface area contributed by atoms with Crippen molar-refractivity contribution >= 4 is 38.8 Å². The van der Waals surface area contributed by atoms with Gasteiger partial charge in [-0.1, -0.05) is 28.9 Å². The zero-order valence-corrected chi connectivity index (χ0v) is 18.7. The average molecular weight is 462 g/mol. The first-order valence-corrected chi connectivity index (χ1v) is 12.4. The van der Waals surface area contributed by atoms with Crippen LogP contribution < -0.4 is 5.56 Å². The molecule has 1 amide bonds. The summed E-state index contributed by atoms with van der Waals surface area (Å²) in [4.78, 5) is 36.3. The number of carbonyl (C=O) groups excluding carboxylic acids is 1. The molecule has 1 aliphatic rings. The molecule has 1 fully saturated rings. The van der Waals surface area contributed by atoms with Crippen LogP contribution in [0.5, 0.6) is 0 Å². The molecule has 4 rings (SSSR count). The lowest BCUT2D eigenvalue weighted by atomic mass is 10.2. The van der Waals surface area contributed by atoms with Gasteiger partial charge in [-0.2, -0.15) is 0 Å². The van der Waals surface area contributed by atoms with Crippen LogP contribution in [0, 0.1) is 0 Å². The highest BCUT2D eigenvalue weighted by atomic mass is 32.3. The molecule has 0 N–H and O–H groups in total. The van der Waals surface area contributed by atoms with E-state index in [1.807, 2.05) is 6.92 Å². The van der Waals surface area contributed by atoms with Gasteiger partial charge in [0.1, 0.15) is 5.52 Å². The largest absolute Gasteiger partial charge is 0.592 e. The van der Waals surface area contributed by atoms with E-state index in [1.165, 1.54) is 25.1 Å². The van der Waals surface area contributed by atoms with Crippen LogP contribution in [0.3, 0.4) is 0 Å². The van der Waals surface area contributed by atoms with Gasteiger partial charge in [-0.25, -0.2) is 9.97 Å². The molecule has 0 aliphatic carbocycles. The van der Waals surface area contributed by atoms with Crippen LogP contribution in [0.1, 0.15) is 30.3 Å². The highest BCUT2D eigenvalue weighted by Crippen LogP contribution is 2.26. The van der Waals surface area contributed by atoms with Crippen molar-refractivity contribution in [3.8, 4) is 0 Å². The summed E-state index contributed by atoms with van der Waals surface area (Å²) >= 11 is 1.17. The average Bonchev–Trinajstić information content (AvgIpc) is 3.34. The topological polar surface area (TPSA) is 111 Å². The predicted molar refractivity (Wildman–Crippen MR) is 118 cm³/mol. The molecule has 1 saturated heterocycles.